The van der Waals surface area contributed by atoms with Crippen molar-refractivity contribution in [2.75, 3.05) is 24.6 Å². The van der Waals surface area contributed by atoms with E-state index in [1.54, 1.807) is 6.92 Å². The quantitative estimate of drug-likeness (QED) is 0.826. The summed E-state index contributed by atoms with van der Waals surface area (Å²) < 4.78 is 51.9. The second-order valence-electron chi connectivity index (χ2n) is 5.41. The largest absolute Gasteiger partial charge is 0.435 e. The van der Waals surface area contributed by atoms with E-state index in [0.29, 0.717) is 18.1 Å². The van der Waals surface area contributed by atoms with Crippen LogP contribution in [0.4, 0.5) is 13.2 Å². The molecule has 0 spiro atoms. The number of amides is 1. The average molecular weight is 337 g/mol. The first-order valence-corrected chi connectivity index (χ1v) is 8.50. The molecular weight excluding hydrogens is 319 g/mol. The predicted molar refractivity (Wildman–Crippen MR) is 75.8 cm³/mol. The lowest BCUT2D eigenvalue weighted by Gasteiger charge is -2.22. The molecule has 1 aliphatic rings. The Hall–Kier alpha value is -1.38. The lowest BCUT2D eigenvalue weighted by Crippen LogP contribution is -2.36. The van der Waals surface area contributed by atoms with Gasteiger partial charge in [0.25, 0.3) is 5.91 Å². The molecular formula is C13H18F3N3O2S. The first-order valence-electron chi connectivity index (χ1n) is 7.01. The van der Waals surface area contributed by atoms with Crippen molar-refractivity contribution in [2.45, 2.75) is 26.6 Å². The van der Waals surface area contributed by atoms with E-state index in [2.05, 4.69) is 5.10 Å². The van der Waals surface area contributed by atoms with Crippen LogP contribution >= 0.6 is 0 Å². The molecule has 1 aliphatic heterocycles. The fraction of sp³-hybridized carbons (Fsp3) is 0.692. The Labute approximate surface area is 128 Å². The lowest BCUT2D eigenvalue weighted by atomic mass is 10.1. The molecule has 0 saturated carbocycles. The molecule has 1 saturated heterocycles. The van der Waals surface area contributed by atoms with Crippen molar-refractivity contribution < 1.29 is 22.2 Å². The van der Waals surface area contributed by atoms with Crippen molar-refractivity contribution in [1.29, 1.82) is 0 Å². The predicted octanol–water partition coefficient (Wildman–Crippen LogP) is 1.76. The van der Waals surface area contributed by atoms with Gasteiger partial charge < -0.3 is 4.90 Å². The number of carbonyl (C=O) groups is 1. The zero-order chi connectivity index (χ0) is 16.5. The molecule has 5 nitrogen and oxygen atoms in total. The summed E-state index contributed by atoms with van der Waals surface area (Å²) in [6, 6.07) is 0. The minimum absolute atomic E-state index is 0.0113. The number of aromatic nitrogens is 2. The van der Waals surface area contributed by atoms with E-state index in [9.17, 15) is 22.2 Å². The van der Waals surface area contributed by atoms with Crippen LogP contribution in [-0.2, 0) is 23.5 Å². The number of rotatable bonds is 2. The van der Waals surface area contributed by atoms with Gasteiger partial charge in [-0.1, -0.05) is 6.92 Å². The molecule has 1 aromatic heterocycles. The van der Waals surface area contributed by atoms with Crippen molar-refractivity contribution in [3.63, 3.8) is 0 Å². The lowest BCUT2D eigenvalue weighted by molar-refractivity contribution is -0.141. The van der Waals surface area contributed by atoms with Gasteiger partial charge in [0.1, 0.15) is 0 Å². The topological polar surface area (TPSA) is 55.2 Å². The minimum atomic E-state index is -4.67. The standard InChI is InChI=1S/C13H18F3N3O2S/c1-3-19-7-10(11(17-19)13(14,15)16)12(20)18-4-5-22(21)8-9(2)6-18/h7,9H,3-6,8H2,1-2H3/t9-,22-/m0/s1. The van der Waals surface area contributed by atoms with Gasteiger partial charge in [0.15, 0.2) is 5.69 Å². The molecule has 0 unspecified atom stereocenters. The maximum atomic E-state index is 13.0. The van der Waals surface area contributed by atoms with E-state index < -0.39 is 34.1 Å². The number of hydrogen-bond acceptors (Lipinski definition) is 3. The van der Waals surface area contributed by atoms with Crippen LogP contribution in [-0.4, -0.2) is 49.4 Å². The third-order valence-corrected chi connectivity index (χ3v) is 5.04. The molecule has 124 valence electrons. The van der Waals surface area contributed by atoms with E-state index in [1.165, 1.54) is 4.90 Å². The number of carbonyl (C=O) groups excluding carboxylic acids is 1. The Bertz CT molecular complexity index is 586. The van der Waals surface area contributed by atoms with Gasteiger partial charge in [-0.2, -0.15) is 18.3 Å². The van der Waals surface area contributed by atoms with Crippen LogP contribution in [0.1, 0.15) is 29.9 Å². The SMILES string of the molecule is CCn1cc(C(=O)N2CC[S@](=O)C[C@@H](C)C2)c(C(F)(F)F)n1. The summed E-state index contributed by atoms with van der Waals surface area (Å²) in [5, 5.41) is 3.46. The monoisotopic (exact) mass is 337 g/mol. The molecule has 0 radical (unpaired) electrons. The summed E-state index contributed by atoms with van der Waals surface area (Å²) in [6.07, 6.45) is -3.54. The molecule has 2 atom stereocenters. The zero-order valence-electron chi connectivity index (χ0n) is 12.4. The van der Waals surface area contributed by atoms with Crippen LogP contribution in [0.2, 0.25) is 0 Å². The third kappa shape index (κ3) is 3.68. The molecule has 22 heavy (non-hydrogen) atoms. The smallest absolute Gasteiger partial charge is 0.337 e. The van der Waals surface area contributed by atoms with E-state index in [1.807, 2.05) is 6.92 Å². The minimum Gasteiger partial charge on any atom is -0.337 e. The molecule has 0 aliphatic carbocycles. The first kappa shape index (κ1) is 17.0. The molecule has 2 heterocycles. The first-order chi connectivity index (χ1) is 10.2. The summed E-state index contributed by atoms with van der Waals surface area (Å²) in [6.45, 7) is 4.24. The van der Waals surface area contributed by atoms with E-state index in [4.69, 9.17) is 0 Å². The fourth-order valence-corrected chi connectivity index (χ4v) is 3.77. The van der Waals surface area contributed by atoms with Crippen LogP contribution in [0.3, 0.4) is 0 Å². The third-order valence-electron chi connectivity index (χ3n) is 3.46. The molecule has 1 fully saturated rings. The second-order valence-corrected chi connectivity index (χ2v) is 7.03. The van der Waals surface area contributed by atoms with Crippen LogP contribution in [0, 0.1) is 5.92 Å². The van der Waals surface area contributed by atoms with Crippen LogP contribution < -0.4 is 0 Å². The van der Waals surface area contributed by atoms with Gasteiger partial charge >= 0.3 is 6.18 Å². The summed E-state index contributed by atoms with van der Waals surface area (Å²) in [5.74, 6) is 0.0457. The van der Waals surface area contributed by atoms with Crippen LogP contribution in [0.15, 0.2) is 6.20 Å². The Morgan fingerprint density at radius 2 is 2.18 bits per heavy atom. The molecule has 0 N–H and O–H groups in total. The number of aryl methyl sites for hydroxylation is 1. The molecule has 0 bridgehead atoms. The van der Waals surface area contributed by atoms with Crippen molar-refractivity contribution in [3.8, 4) is 0 Å². The van der Waals surface area contributed by atoms with Crippen LogP contribution in [0.25, 0.3) is 0 Å². The number of hydrogen-bond donors (Lipinski definition) is 0. The molecule has 2 rings (SSSR count). The number of nitrogens with zero attached hydrogens (tertiary/aromatic N) is 3. The van der Waals surface area contributed by atoms with Crippen molar-refractivity contribution >= 4 is 16.7 Å². The Balaban J connectivity index is 2.32. The Morgan fingerprint density at radius 1 is 1.50 bits per heavy atom. The van der Waals surface area contributed by atoms with E-state index in [-0.39, 0.29) is 19.0 Å². The summed E-state index contributed by atoms with van der Waals surface area (Å²) >= 11 is 0. The highest BCUT2D eigenvalue weighted by atomic mass is 32.2. The Morgan fingerprint density at radius 3 is 2.77 bits per heavy atom. The van der Waals surface area contributed by atoms with Gasteiger partial charge in [-0.25, -0.2) is 0 Å². The molecule has 9 heteroatoms. The maximum absolute atomic E-state index is 13.0. The van der Waals surface area contributed by atoms with Crippen molar-refractivity contribution in [1.82, 2.24) is 14.7 Å². The van der Waals surface area contributed by atoms with Gasteiger partial charge in [-0.05, 0) is 12.8 Å². The molecule has 1 aromatic rings. The fourth-order valence-electron chi connectivity index (χ4n) is 2.44. The van der Waals surface area contributed by atoms with Gasteiger partial charge in [0.05, 0.1) is 5.56 Å². The highest BCUT2D eigenvalue weighted by molar-refractivity contribution is 7.85. The molecule has 0 aromatic carbocycles. The summed E-state index contributed by atoms with van der Waals surface area (Å²) in [4.78, 5) is 13.8. The number of alkyl halides is 3. The Kier molecular flexibility index (Phi) is 4.93. The van der Waals surface area contributed by atoms with E-state index in [0.717, 1.165) is 10.9 Å². The van der Waals surface area contributed by atoms with Crippen molar-refractivity contribution in [3.05, 3.63) is 17.5 Å². The second kappa shape index (κ2) is 6.39. The van der Waals surface area contributed by atoms with Gasteiger partial charge in [-0.15, -0.1) is 0 Å². The summed E-state index contributed by atoms with van der Waals surface area (Å²) in [7, 11) is -1.04. The van der Waals surface area contributed by atoms with Crippen molar-refractivity contribution in [2.24, 2.45) is 5.92 Å². The average Bonchev–Trinajstić information content (AvgIpc) is 2.79. The van der Waals surface area contributed by atoms with Crippen LogP contribution in [0.5, 0.6) is 0 Å². The summed E-state index contributed by atoms with van der Waals surface area (Å²) in [5.41, 5.74) is -1.59. The zero-order valence-corrected chi connectivity index (χ0v) is 13.2. The normalized spacial score (nSPS) is 23.4. The maximum Gasteiger partial charge on any atom is 0.435 e. The van der Waals surface area contributed by atoms with E-state index >= 15 is 0 Å². The van der Waals surface area contributed by atoms with Gasteiger partial charge in [0.2, 0.25) is 0 Å². The van der Waals surface area contributed by atoms with Gasteiger partial charge in [-0.3, -0.25) is 13.7 Å². The number of halogens is 3. The highest BCUT2D eigenvalue weighted by Gasteiger charge is 2.40. The molecule has 1 amide bonds. The van der Waals surface area contributed by atoms with Gasteiger partial charge in [0, 0.05) is 48.1 Å². The highest BCUT2D eigenvalue weighted by Crippen LogP contribution is 2.31.